The van der Waals surface area contributed by atoms with Gasteiger partial charge in [-0.15, -0.1) is 0 Å². The third-order valence-electron chi connectivity index (χ3n) is 3.47. The Morgan fingerprint density at radius 3 is 2.37 bits per heavy atom. The lowest BCUT2D eigenvalue weighted by Gasteiger charge is -2.12. The van der Waals surface area contributed by atoms with Gasteiger partial charge < -0.3 is 14.8 Å². The molecule has 2 aromatic rings. The Kier molecular flexibility index (Phi) is 3.90. The van der Waals surface area contributed by atoms with Crippen molar-refractivity contribution in [3.63, 3.8) is 0 Å². The number of imidazole rings is 1. The van der Waals surface area contributed by atoms with Crippen LogP contribution in [0.25, 0.3) is 11.3 Å². The molecule has 4 heteroatoms. The molecule has 0 fully saturated rings. The first-order valence-electron chi connectivity index (χ1n) is 6.49. The molecule has 102 valence electrons. The summed E-state index contributed by atoms with van der Waals surface area (Å²) in [6, 6.07) is 8.52. The minimum absolute atomic E-state index is 0.785. The van der Waals surface area contributed by atoms with Crippen molar-refractivity contribution >= 4 is 5.69 Å². The van der Waals surface area contributed by atoms with Crippen LogP contribution in [-0.2, 0) is 13.6 Å². The van der Waals surface area contributed by atoms with E-state index in [1.54, 1.807) is 0 Å². The summed E-state index contributed by atoms with van der Waals surface area (Å²) in [5.41, 5.74) is 4.63. The van der Waals surface area contributed by atoms with E-state index in [9.17, 15) is 0 Å². The van der Waals surface area contributed by atoms with Gasteiger partial charge in [-0.3, -0.25) is 0 Å². The fourth-order valence-electron chi connectivity index (χ4n) is 2.14. The third-order valence-corrected chi connectivity index (χ3v) is 3.47. The zero-order valence-electron chi connectivity index (χ0n) is 12.4. The van der Waals surface area contributed by atoms with Gasteiger partial charge in [0.05, 0.1) is 12.2 Å². The summed E-state index contributed by atoms with van der Waals surface area (Å²) in [4.78, 5) is 6.83. The van der Waals surface area contributed by atoms with Crippen molar-refractivity contribution in [2.75, 3.05) is 26.0 Å². The lowest BCUT2D eigenvalue weighted by atomic mass is 10.1. The Hall–Kier alpha value is -1.81. The molecular formula is C15H22N4. The first kappa shape index (κ1) is 13.6. The zero-order chi connectivity index (χ0) is 14.0. The summed E-state index contributed by atoms with van der Waals surface area (Å²) in [5, 5.41) is 3.15. The summed E-state index contributed by atoms with van der Waals surface area (Å²) < 4.78 is 2.14. The van der Waals surface area contributed by atoms with Gasteiger partial charge >= 0.3 is 0 Å². The largest absolute Gasteiger partial charge is 0.378 e. The Morgan fingerprint density at radius 1 is 1.21 bits per heavy atom. The van der Waals surface area contributed by atoms with Crippen molar-refractivity contribution < 1.29 is 0 Å². The van der Waals surface area contributed by atoms with Gasteiger partial charge in [-0.05, 0) is 26.1 Å². The predicted octanol–water partition coefficient (Wildman–Crippen LogP) is 2.18. The highest BCUT2D eigenvalue weighted by Gasteiger charge is 2.12. The molecule has 0 saturated carbocycles. The van der Waals surface area contributed by atoms with Crippen molar-refractivity contribution in [3.8, 4) is 11.3 Å². The monoisotopic (exact) mass is 258 g/mol. The highest BCUT2D eigenvalue weighted by atomic mass is 15.1. The van der Waals surface area contributed by atoms with E-state index in [0.29, 0.717) is 0 Å². The first-order valence-corrected chi connectivity index (χ1v) is 6.49. The maximum Gasteiger partial charge on any atom is 0.123 e. The van der Waals surface area contributed by atoms with Crippen LogP contribution in [0.3, 0.4) is 0 Å². The van der Waals surface area contributed by atoms with Crippen molar-refractivity contribution in [2.45, 2.75) is 13.5 Å². The van der Waals surface area contributed by atoms with E-state index in [1.165, 1.54) is 16.9 Å². The fraction of sp³-hybridized carbons (Fsp3) is 0.400. The van der Waals surface area contributed by atoms with E-state index < -0.39 is 0 Å². The molecule has 0 aliphatic heterocycles. The average molecular weight is 258 g/mol. The van der Waals surface area contributed by atoms with Gasteiger partial charge in [0.1, 0.15) is 5.82 Å². The van der Waals surface area contributed by atoms with Gasteiger partial charge in [0.15, 0.2) is 0 Å². The van der Waals surface area contributed by atoms with Crippen LogP contribution in [0.2, 0.25) is 0 Å². The molecule has 19 heavy (non-hydrogen) atoms. The van der Waals surface area contributed by atoms with Gasteiger partial charge in [0, 0.05) is 38.1 Å². The number of aromatic nitrogens is 2. The number of hydrogen-bond donors (Lipinski definition) is 1. The molecule has 0 spiro atoms. The Bertz CT molecular complexity index is 552. The molecule has 0 bridgehead atoms. The summed E-state index contributed by atoms with van der Waals surface area (Å²) in [5.74, 6) is 1.06. The Morgan fingerprint density at radius 2 is 1.84 bits per heavy atom. The molecule has 0 amide bonds. The summed E-state index contributed by atoms with van der Waals surface area (Å²) in [6.07, 6.45) is 0. The van der Waals surface area contributed by atoms with Gasteiger partial charge in [0.2, 0.25) is 0 Å². The molecule has 1 heterocycles. The van der Waals surface area contributed by atoms with Crippen LogP contribution in [-0.4, -0.2) is 30.7 Å². The number of hydrogen-bond acceptors (Lipinski definition) is 3. The van der Waals surface area contributed by atoms with Crippen molar-refractivity contribution in [1.82, 2.24) is 14.9 Å². The van der Waals surface area contributed by atoms with Crippen LogP contribution in [0.4, 0.5) is 5.69 Å². The van der Waals surface area contributed by atoms with E-state index in [0.717, 1.165) is 18.1 Å². The molecule has 1 N–H and O–H groups in total. The summed E-state index contributed by atoms with van der Waals surface area (Å²) in [7, 11) is 8.10. The summed E-state index contributed by atoms with van der Waals surface area (Å²) in [6.45, 7) is 2.90. The Balaban J connectivity index is 2.38. The number of rotatable bonds is 4. The highest BCUT2D eigenvalue weighted by Crippen LogP contribution is 2.25. The number of benzene rings is 1. The molecule has 0 aliphatic carbocycles. The molecule has 1 aromatic carbocycles. The van der Waals surface area contributed by atoms with Gasteiger partial charge in [-0.1, -0.05) is 12.1 Å². The third kappa shape index (κ3) is 2.63. The Labute approximate surface area is 115 Å². The van der Waals surface area contributed by atoms with E-state index in [2.05, 4.69) is 53.0 Å². The predicted molar refractivity (Wildman–Crippen MR) is 80.5 cm³/mol. The lowest BCUT2D eigenvalue weighted by Crippen LogP contribution is -2.10. The van der Waals surface area contributed by atoms with Crippen LogP contribution in [0.15, 0.2) is 24.3 Å². The van der Waals surface area contributed by atoms with Crippen molar-refractivity contribution in [3.05, 3.63) is 35.8 Å². The normalized spacial score (nSPS) is 10.8. The van der Waals surface area contributed by atoms with E-state index >= 15 is 0 Å². The quantitative estimate of drug-likeness (QED) is 0.912. The van der Waals surface area contributed by atoms with Crippen LogP contribution in [0.1, 0.15) is 11.5 Å². The second-order valence-corrected chi connectivity index (χ2v) is 4.99. The van der Waals surface area contributed by atoms with E-state index in [1.807, 2.05) is 21.1 Å². The van der Waals surface area contributed by atoms with Gasteiger partial charge in [-0.25, -0.2) is 4.98 Å². The SMILES string of the molecule is CNCc1nc(-c2ccc(N(C)C)cc2)c(C)n1C. The smallest absolute Gasteiger partial charge is 0.123 e. The number of nitrogens with one attached hydrogen (secondary N) is 1. The molecule has 4 nitrogen and oxygen atoms in total. The zero-order valence-corrected chi connectivity index (χ0v) is 12.4. The molecule has 0 radical (unpaired) electrons. The summed E-state index contributed by atoms with van der Waals surface area (Å²) >= 11 is 0. The van der Waals surface area contributed by atoms with Crippen LogP contribution in [0, 0.1) is 6.92 Å². The van der Waals surface area contributed by atoms with Gasteiger partial charge in [-0.2, -0.15) is 0 Å². The second-order valence-electron chi connectivity index (χ2n) is 4.99. The van der Waals surface area contributed by atoms with Crippen LogP contribution >= 0.6 is 0 Å². The number of nitrogens with zero attached hydrogens (tertiary/aromatic N) is 3. The minimum atomic E-state index is 0.785. The fourth-order valence-corrected chi connectivity index (χ4v) is 2.14. The molecule has 0 saturated heterocycles. The molecule has 0 atom stereocenters. The first-order chi connectivity index (χ1) is 9.04. The van der Waals surface area contributed by atoms with Crippen molar-refractivity contribution in [1.29, 1.82) is 0 Å². The highest BCUT2D eigenvalue weighted by molar-refractivity contribution is 5.65. The molecule has 1 aromatic heterocycles. The average Bonchev–Trinajstić information content (AvgIpc) is 2.68. The van der Waals surface area contributed by atoms with E-state index in [-0.39, 0.29) is 0 Å². The topological polar surface area (TPSA) is 33.1 Å². The molecular weight excluding hydrogens is 236 g/mol. The molecule has 2 rings (SSSR count). The van der Waals surface area contributed by atoms with Gasteiger partial charge in [0.25, 0.3) is 0 Å². The van der Waals surface area contributed by atoms with E-state index in [4.69, 9.17) is 4.98 Å². The standard InChI is InChI=1S/C15H22N4/c1-11-15(17-14(10-16-2)19(11)5)12-6-8-13(9-7-12)18(3)4/h6-9,16H,10H2,1-5H3. The molecule has 0 unspecified atom stereocenters. The lowest BCUT2D eigenvalue weighted by molar-refractivity contribution is 0.701. The second kappa shape index (κ2) is 5.45. The van der Waals surface area contributed by atoms with Crippen LogP contribution in [0.5, 0.6) is 0 Å². The minimum Gasteiger partial charge on any atom is -0.378 e. The number of anilines is 1. The van der Waals surface area contributed by atoms with Crippen molar-refractivity contribution in [2.24, 2.45) is 7.05 Å². The maximum absolute atomic E-state index is 4.73. The maximum atomic E-state index is 4.73. The molecule has 0 aliphatic rings. The van der Waals surface area contributed by atoms with Crippen LogP contribution < -0.4 is 10.2 Å².